The van der Waals surface area contributed by atoms with E-state index in [1.807, 2.05) is 33.8 Å². The van der Waals surface area contributed by atoms with Crippen LogP contribution in [0.15, 0.2) is 10.5 Å². The highest BCUT2D eigenvalue weighted by Crippen LogP contribution is 2.34. The van der Waals surface area contributed by atoms with Crippen LogP contribution in [0.2, 0.25) is 0 Å². The first-order chi connectivity index (χ1) is 7.93. The summed E-state index contributed by atoms with van der Waals surface area (Å²) in [6.45, 7) is 8.05. The Morgan fingerprint density at radius 3 is 2.00 bits per heavy atom. The second-order valence-electron chi connectivity index (χ2n) is 4.74. The van der Waals surface area contributed by atoms with Crippen molar-refractivity contribution in [1.29, 1.82) is 0 Å². The van der Waals surface area contributed by atoms with Gasteiger partial charge >= 0.3 is 0 Å². The molecule has 3 heteroatoms. The molecule has 1 aromatic rings. The molecule has 0 atom stereocenters. The third-order valence-electron chi connectivity index (χ3n) is 2.85. The first-order valence-corrected chi connectivity index (χ1v) is 6.49. The Morgan fingerprint density at radius 1 is 1.06 bits per heavy atom. The minimum absolute atomic E-state index is 0.199. The van der Waals surface area contributed by atoms with E-state index < -0.39 is 0 Å². The van der Waals surface area contributed by atoms with Gasteiger partial charge in [0.05, 0.1) is 0 Å². The standard InChI is InChI=1S/C14H17BrO2/c1-8(2)11-5-10(6-16)13(9(3)4)14(15)12(11)7-17/h5-9H,1-4H3. The predicted octanol–water partition coefficient (Wildman–Crippen LogP) is 4.32. The lowest BCUT2D eigenvalue weighted by atomic mass is 9.89. The fraction of sp³-hybridized carbons (Fsp3) is 0.429. The number of hydrogen-bond donors (Lipinski definition) is 0. The van der Waals surface area contributed by atoms with Gasteiger partial charge in [-0.15, -0.1) is 0 Å². The largest absolute Gasteiger partial charge is 0.298 e. The quantitative estimate of drug-likeness (QED) is 0.776. The summed E-state index contributed by atoms with van der Waals surface area (Å²) in [4.78, 5) is 22.4. The van der Waals surface area contributed by atoms with Gasteiger partial charge in [0.2, 0.25) is 0 Å². The molecule has 0 saturated carbocycles. The summed E-state index contributed by atoms with van der Waals surface area (Å²) in [5.74, 6) is 0.413. The number of hydrogen-bond acceptors (Lipinski definition) is 2. The number of aldehydes is 2. The van der Waals surface area contributed by atoms with Crippen molar-refractivity contribution in [3.05, 3.63) is 32.8 Å². The molecule has 0 N–H and O–H groups in total. The number of rotatable bonds is 4. The minimum atomic E-state index is 0.199. The summed E-state index contributed by atoms with van der Waals surface area (Å²) < 4.78 is 0.760. The van der Waals surface area contributed by atoms with E-state index >= 15 is 0 Å². The van der Waals surface area contributed by atoms with Gasteiger partial charge in [-0.05, 0) is 45.0 Å². The number of halogens is 1. The molecule has 0 unspecified atom stereocenters. The summed E-state index contributed by atoms with van der Waals surface area (Å²) in [6.07, 6.45) is 1.72. The molecule has 1 rings (SSSR count). The van der Waals surface area contributed by atoms with Gasteiger partial charge in [-0.2, -0.15) is 0 Å². The summed E-state index contributed by atoms with van der Waals surface area (Å²) in [7, 11) is 0. The van der Waals surface area contributed by atoms with E-state index in [2.05, 4.69) is 15.9 Å². The van der Waals surface area contributed by atoms with Crippen LogP contribution < -0.4 is 0 Å². The second-order valence-corrected chi connectivity index (χ2v) is 5.53. The molecule has 0 fully saturated rings. The molecule has 0 aliphatic heterocycles. The molecule has 2 nitrogen and oxygen atoms in total. The van der Waals surface area contributed by atoms with E-state index in [0.717, 1.165) is 28.2 Å². The third-order valence-corrected chi connectivity index (χ3v) is 3.70. The summed E-state index contributed by atoms with van der Waals surface area (Å²) in [5, 5.41) is 0. The van der Waals surface area contributed by atoms with Gasteiger partial charge in [0.1, 0.15) is 6.29 Å². The normalized spacial score (nSPS) is 11.0. The Morgan fingerprint density at radius 2 is 1.65 bits per heavy atom. The van der Waals surface area contributed by atoms with Crippen LogP contribution in [0.4, 0.5) is 0 Å². The maximum Gasteiger partial charge on any atom is 0.151 e. The van der Waals surface area contributed by atoms with E-state index in [-0.39, 0.29) is 11.8 Å². The lowest BCUT2D eigenvalue weighted by molar-refractivity contribution is 0.111. The molecule has 0 amide bonds. The highest BCUT2D eigenvalue weighted by molar-refractivity contribution is 9.10. The molecule has 0 aliphatic rings. The first kappa shape index (κ1) is 14.1. The molecule has 0 heterocycles. The van der Waals surface area contributed by atoms with Crippen molar-refractivity contribution in [2.24, 2.45) is 0 Å². The third kappa shape index (κ3) is 2.65. The van der Waals surface area contributed by atoms with Crippen molar-refractivity contribution in [3.8, 4) is 0 Å². The van der Waals surface area contributed by atoms with Crippen molar-refractivity contribution in [3.63, 3.8) is 0 Å². The second kappa shape index (κ2) is 5.58. The van der Waals surface area contributed by atoms with Gasteiger partial charge in [0, 0.05) is 15.6 Å². The van der Waals surface area contributed by atoms with Crippen LogP contribution in [0, 0.1) is 0 Å². The van der Waals surface area contributed by atoms with Gasteiger partial charge < -0.3 is 0 Å². The fourth-order valence-corrected chi connectivity index (χ4v) is 3.01. The van der Waals surface area contributed by atoms with Gasteiger partial charge in [0.15, 0.2) is 6.29 Å². The van der Waals surface area contributed by atoms with Crippen molar-refractivity contribution < 1.29 is 9.59 Å². The van der Waals surface area contributed by atoms with E-state index in [0.29, 0.717) is 11.1 Å². The van der Waals surface area contributed by atoms with E-state index in [9.17, 15) is 9.59 Å². The van der Waals surface area contributed by atoms with Crippen LogP contribution in [0.3, 0.4) is 0 Å². The van der Waals surface area contributed by atoms with E-state index in [4.69, 9.17) is 0 Å². The van der Waals surface area contributed by atoms with Crippen LogP contribution in [0.1, 0.15) is 71.4 Å². The minimum Gasteiger partial charge on any atom is -0.298 e. The first-order valence-electron chi connectivity index (χ1n) is 5.70. The van der Waals surface area contributed by atoms with Crippen LogP contribution >= 0.6 is 15.9 Å². The number of carbonyl (C=O) groups is 2. The highest BCUT2D eigenvalue weighted by atomic mass is 79.9. The van der Waals surface area contributed by atoms with E-state index in [1.54, 1.807) is 0 Å². The molecule has 0 saturated heterocycles. The molecule has 0 bridgehead atoms. The topological polar surface area (TPSA) is 34.1 Å². The SMILES string of the molecule is CC(C)c1cc(C=O)c(C(C)C)c(Br)c1C=O. The van der Waals surface area contributed by atoms with Gasteiger partial charge in [-0.1, -0.05) is 27.7 Å². The molecule has 0 radical (unpaired) electrons. The molecule has 92 valence electrons. The van der Waals surface area contributed by atoms with Gasteiger partial charge in [-0.3, -0.25) is 9.59 Å². The Balaban J connectivity index is 3.66. The van der Waals surface area contributed by atoms with Crippen LogP contribution in [-0.4, -0.2) is 12.6 Å². The Kier molecular flexibility index (Phi) is 4.63. The molecule has 0 aromatic heterocycles. The zero-order valence-electron chi connectivity index (χ0n) is 10.6. The fourth-order valence-electron chi connectivity index (χ4n) is 2.00. The number of benzene rings is 1. The van der Waals surface area contributed by atoms with E-state index in [1.165, 1.54) is 0 Å². The smallest absolute Gasteiger partial charge is 0.151 e. The van der Waals surface area contributed by atoms with Crippen LogP contribution in [0.5, 0.6) is 0 Å². The summed E-state index contributed by atoms with van der Waals surface area (Å²) >= 11 is 3.46. The Labute approximate surface area is 111 Å². The van der Waals surface area contributed by atoms with Gasteiger partial charge in [-0.25, -0.2) is 0 Å². The summed E-state index contributed by atoms with van der Waals surface area (Å²) in [6, 6.07) is 1.83. The van der Waals surface area contributed by atoms with Crippen LogP contribution in [-0.2, 0) is 0 Å². The monoisotopic (exact) mass is 296 g/mol. The Bertz CT molecular complexity index is 448. The molecular weight excluding hydrogens is 280 g/mol. The van der Waals surface area contributed by atoms with Gasteiger partial charge in [0.25, 0.3) is 0 Å². The van der Waals surface area contributed by atoms with Crippen LogP contribution in [0.25, 0.3) is 0 Å². The van der Waals surface area contributed by atoms with Crippen molar-refractivity contribution in [2.45, 2.75) is 39.5 Å². The number of carbonyl (C=O) groups excluding carboxylic acids is 2. The maximum absolute atomic E-state index is 11.2. The summed E-state index contributed by atoms with van der Waals surface area (Å²) in [5.41, 5.74) is 3.15. The zero-order valence-corrected chi connectivity index (χ0v) is 12.2. The maximum atomic E-state index is 11.2. The molecule has 17 heavy (non-hydrogen) atoms. The average molecular weight is 297 g/mol. The average Bonchev–Trinajstić information content (AvgIpc) is 2.26. The van der Waals surface area contributed by atoms with Crippen molar-refractivity contribution >= 4 is 28.5 Å². The molecule has 0 aliphatic carbocycles. The van der Waals surface area contributed by atoms with Crippen molar-refractivity contribution in [1.82, 2.24) is 0 Å². The Hall–Kier alpha value is -0.960. The van der Waals surface area contributed by atoms with Crippen molar-refractivity contribution in [2.75, 3.05) is 0 Å². The molecular formula is C14H17BrO2. The molecule has 1 aromatic carbocycles. The lowest BCUT2D eigenvalue weighted by Crippen LogP contribution is -2.05. The molecule has 0 spiro atoms. The highest BCUT2D eigenvalue weighted by Gasteiger charge is 2.19. The lowest BCUT2D eigenvalue weighted by Gasteiger charge is -2.18. The predicted molar refractivity (Wildman–Crippen MR) is 73.1 cm³/mol. The zero-order chi connectivity index (χ0) is 13.2.